The van der Waals surface area contributed by atoms with Crippen LogP contribution in [0.4, 0.5) is 4.39 Å². The topological polar surface area (TPSA) is 30.0 Å². The molecule has 0 unspecified atom stereocenters. The first-order valence-electron chi connectivity index (χ1n) is 4.39. The molecule has 0 saturated heterocycles. The van der Waals surface area contributed by atoms with E-state index in [4.69, 9.17) is 0 Å². The Morgan fingerprint density at radius 3 is 2.87 bits per heavy atom. The third kappa shape index (κ3) is 1.94. The molecule has 15 heavy (non-hydrogen) atoms. The monoisotopic (exact) mass is 221 g/mol. The van der Waals surface area contributed by atoms with E-state index < -0.39 is 0 Å². The number of carbonyl (C=O) groups is 1. The van der Waals surface area contributed by atoms with Crippen LogP contribution < -0.4 is 0 Å². The lowest BCUT2D eigenvalue weighted by atomic mass is 10.2. The number of hydrogen-bond acceptors (Lipinski definition) is 3. The van der Waals surface area contributed by atoms with Crippen molar-refractivity contribution >= 4 is 17.6 Å². The Morgan fingerprint density at radius 1 is 1.47 bits per heavy atom. The number of carbonyl (C=O) groups excluding carboxylic acids is 1. The zero-order valence-electron chi connectivity index (χ0n) is 8.03. The largest absolute Gasteiger partial charge is 0.297 e. The average Bonchev–Trinajstić information content (AvgIpc) is 2.60. The normalized spacial score (nSPS) is 10.3. The van der Waals surface area contributed by atoms with Gasteiger partial charge in [0.2, 0.25) is 0 Å². The van der Waals surface area contributed by atoms with Crippen LogP contribution in [-0.2, 0) is 0 Å². The van der Waals surface area contributed by atoms with Crippen molar-refractivity contribution in [2.75, 3.05) is 0 Å². The van der Waals surface area contributed by atoms with E-state index in [2.05, 4.69) is 4.98 Å². The van der Waals surface area contributed by atoms with E-state index >= 15 is 0 Å². The molecule has 0 aliphatic rings. The highest BCUT2D eigenvalue weighted by Gasteiger charge is 2.08. The molecule has 4 heteroatoms. The second-order valence-corrected chi connectivity index (χ2v) is 4.13. The quantitative estimate of drug-likeness (QED) is 0.729. The molecular weight excluding hydrogens is 213 g/mol. The molecule has 0 spiro atoms. The fourth-order valence-electron chi connectivity index (χ4n) is 1.26. The fraction of sp³-hybridized carbons (Fsp3) is 0.0909. The molecular formula is C11H8FNOS. The summed E-state index contributed by atoms with van der Waals surface area (Å²) in [7, 11) is 0. The minimum Gasteiger partial charge on any atom is -0.297 e. The van der Waals surface area contributed by atoms with Gasteiger partial charge in [-0.25, -0.2) is 9.37 Å². The summed E-state index contributed by atoms with van der Waals surface area (Å²) in [5.41, 5.74) is 1.39. The summed E-state index contributed by atoms with van der Waals surface area (Å²) < 4.78 is 12.9. The fourth-order valence-corrected chi connectivity index (χ4v) is 2.14. The first kappa shape index (κ1) is 9.98. The van der Waals surface area contributed by atoms with Gasteiger partial charge >= 0.3 is 0 Å². The van der Waals surface area contributed by atoms with Gasteiger partial charge in [-0.1, -0.05) is 12.1 Å². The predicted molar refractivity (Wildman–Crippen MR) is 57.6 cm³/mol. The van der Waals surface area contributed by atoms with Crippen LogP contribution in [0.1, 0.15) is 15.4 Å². The molecule has 2 rings (SSSR count). The van der Waals surface area contributed by atoms with Gasteiger partial charge in [0.1, 0.15) is 10.8 Å². The molecule has 0 N–H and O–H groups in total. The molecule has 0 aliphatic heterocycles. The molecule has 0 fully saturated rings. The molecule has 0 saturated carbocycles. The lowest BCUT2D eigenvalue weighted by molar-refractivity contribution is 0.112. The van der Waals surface area contributed by atoms with E-state index in [0.717, 1.165) is 6.29 Å². The third-order valence-electron chi connectivity index (χ3n) is 2.01. The minimum absolute atomic E-state index is 0.298. The van der Waals surface area contributed by atoms with Crippen LogP contribution in [0.2, 0.25) is 0 Å². The molecule has 0 amide bonds. The highest BCUT2D eigenvalue weighted by Crippen LogP contribution is 2.26. The highest BCUT2D eigenvalue weighted by atomic mass is 32.1. The number of nitrogens with zero attached hydrogens (tertiary/aromatic N) is 1. The van der Waals surface area contributed by atoms with E-state index in [1.165, 1.54) is 23.5 Å². The van der Waals surface area contributed by atoms with Crippen LogP contribution in [-0.4, -0.2) is 11.3 Å². The van der Waals surface area contributed by atoms with Gasteiger partial charge in [0.25, 0.3) is 0 Å². The Balaban J connectivity index is 2.49. The maximum absolute atomic E-state index is 12.9. The first-order chi connectivity index (χ1) is 7.20. The van der Waals surface area contributed by atoms with Crippen molar-refractivity contribution in [1.82, 2.24) is 4.98 Å². The summed E-state index contributed by atoms with van der Waals surface area (Å²) in [6.07, 6.45) is 0.774. The SMILES string of the molecule is Cc1nc(-c2cccc(F)c2)sc1C=O. The third-order valence-corrected chi connectivity index (χ3v) is 3.14. The zero-order valence-corrected chi connectivity index (χ0v) is 8.84. The van der Waals surface area contributed by atoms with Gasteiger partial charge in [-0.3, -0.25) is 4.79 Å². The van der Waals surface area contributed by atoms with E-state index in [1.54, 1.807) is 19.1 Å². The van der Waals surface area contributed by atoms with Crippen molar-refractivity contribution in [3.05, 3.63) is 40.7 Å². The van der Waals surface area contributed by atoms with Gasteiger partial charge in [0, 0.05) is 5.56 Å². The van der Waals surface area contributed by atoms with E-state index in [0.29, 0.717) is 21.1 Å². The Labute approximate surface area is 90.4 Å². The standard InChI is InChI=1S/C11H8FNOS/c1-7-10(6-14)15-11(13-7)8-3-2-4-9(12)5-8/h2-6H,1H3. The average molecular weight is 221 g/mol. The molecule has 0 atom stereocenters. The van der Waals surface area contributed by atoms with Crippen LogP contribution in [0.5, 0.6) is 0 Å². The van der Waals surface area contributed by atoms with Crippen LogP contribution >= 0.6 is 11.3 Å². The maximum atomic E-state index is 12.9. The van der Waals surface area contributed by atoms with E-state index in [1.807, 2.05) is 0 Å². The number of aldehydes is 1. The van der Waals surface area contributed by atoms with Crippen LogP contribution in [0.25, 0.3) is 10.6 Å². The second-order valence-electron chi connectivity index (χ2n) is 3.10. The molecule has 2 nitrogen and oxygen atoms in total. The minimum atomic E-state index is -0.298. The van der Waals surface area contributed by atoms with Crippen molar-refractivity contribution in [2.24, 2.45) is 0 Å². The summed E-state index contributed by atoms with van der Waals surface area (Å²) in [6.45, 7) is 1.77. The van der Waals surface area contributed by atoms with Crippen molar-refractivity contribution in [3.63, 3.8) is 0 Å². The summed E-state index contributed by atoms with van der Waals surface area (Å²) >= 11 is 1.28. The van der Waals surface area contributed by atoms with Crippen LogP contribution in [0, 0.1) is 12.7 Å². The molecule has 0 bridgehead atoms. The van der Waals surface area contributed by atoms with Gasteiger partial charge in [0.15, 0.2) is 6.29 Å². The number of halogens is 1. The number of aryl methyl sites for hydroxylation is 1. The van der Waals surface area contributed by atoms with Gasteiger partial charge in [-0.2, -0.15) is 0 Å². The summed E-state index contributed by atoms with van der Waals surface area (Å²) in [6, 6.07) is 6.19. The van der Waals surface area contributed by atoms with Crippen molar-refractivity contribution < 1.29 is 9.18 Å². The Bertz CT molecular complexity index is 507. The van der Waals surface area contributed by atoms with E-state index in [-0.39, 0.29) is 5.82 Å². The second kappa shape index (κ2) is 3.90. The number of benzene rings is 1. The molecule has 0 aliphatic carbocycles. The summed E-state index contributed by atoms with van der Waals surface area (Å²) in [4.78, 5) is 15.4. The van der Waals surface area contributed by atoms with Crippen LogP contribution in [0.3, 0.4) is 0 Å². The summed E-state index contributed by atoms with van der Waals surface area (Å²) in [5, 5.41) is 0.675. The maximum Gasteiger partial charge on any atom is 0.161 e. The predicted octanol–water partition coefficient (Wildman–Crippen LogP) is 3.07. The number of rotatable bonds is 2. The van der Waals surface area contributed by atoms with Gasteiger partial charge in [-0.15, -0.1) is 11.3 Å². The Morgan fingerprint density at radius 2 is 2.27 bits per heavy atom. The zero-order chi connectivity index (χ0) is 10.8. The Hall–Kier alpha value is -1.55. The number of thiazole rings is 1. The number of aromatic nitrogens is 1. The van der Waals surface area contributed by atoms with Gasteiger partial charge < -0.3 is 0 Å². The lowest BCUT2D eigenvalue weighted by Gasteiger charge is -1.94. The molecule has 1 aromatic carbocycles. The molecule has 1 aromatic heterocycles. The molecule has 0 radical (unpaired) electrons. The van der Waals surface area contributed by atoms with E-state index in [9.17, 15) is 9.18 Å². The summed E-state index contributed by atoms with van der Waals surface area (Å²) in [5.74, 6) is -0.298. The molecule has 76 valence electrons. The molecule has 1 heterocycles. The molecule has 2 aromatic rings. The van der Waals surface area contributed by atoms with Gasteiger partial charge in [0.05, 0.1) is 10.6 Å². The van der Waals surface area contributed by atoms with Crippen molar-refractivity contribution in [3.8, 4) is 10.6 Å². The highest BCUT2D eigenvalue weighted by molar-refractivity contribution is 7.16. The first-order valence-corrected chi connectivity index (χ1v) is 5.21. The van der Waals surface area contributed by atoms with Gasteiger partial charge in [-0.05, 0) is 19.1 Å². The van der Waals surface area contributed by atoms with Crippen molar-refractivity contribution in [1.29, 1.82) is 0 Å². The number of hydrogen-bond donors (Lipinski definition) is 0. The lowest BCUT2D eigenvalue weighted by Crippen LogP contribution is -1.79. The van der Waals surface area contributed by atoms with Crippen molar-refractivity contribution in [2.45, 2.75) is 6.92 Å². The smallest absolute Gasteiger partial charge is 0.161 e. The Kier molecular flexibility index (Phi) is 2.60. The van der Waals surface area contributed by atoms with Crippen LogP contribution in [0.15, 0.2) is 24.3 Å².